The second-order valence-electron chi connectivity index (χ2n) is 10.1. The van der Waals surface area contributed by atoms with Gasteiger partial charge >= 0.3 is 11.9 Å². The fourth-order valence-corrected chi connectivity index (χ4v) is 7.13. The Kier molecular flexibility index (Phi) is 4.36. The molecule has 0 saturated heterocycles. The maximum absolute atomic E-state index is 12.5. The molecule has 0 heterocycles. The van der Waals surface area contributed by atoms with E-state index < -0.39 is 0 Å². The molecule has 27 heavy (non-hydrogen) atoms. The first-order valence-electron chi connectivity index (χ1n) is 11.1. The first-order chi connectivity index (χ1) is 13.0. The minimum Gasteiger partial charge on any atom is -0.465 e. The molecule has 0 aromatic rings. The van der Waals surface area contributed by atoms with Gasteiger partial charge in [-0.15, -0.1) is 0 Å². The van der Waals surface area contributed by atoms with Crippen molar-refractivity contribution in [3.8, 4) is 0 Å². The van der Waals surface area contributed by atoms with Crippen molar-refractivity contribution in [3.63, 3.8) is 0 Å². The number of allylic oxidation sites excluding steroid dienone is 2. The van der Waals surface area contributed by atoms with E-state index in [0.717, 1.165) is 24.7 Å². The third-order valence-electron chi connectivity index (χ3n) is 8.44. The molecular formula is C23H32O4. The molecule has 6 aliphatic carbocycles. The van der Waals surface area contributed by atoms with E-state index >= 15 is 0 Å². The topological polar surface area (TPSA) is 52.6 Å². The summed E-state index contributed by atoms with van der Waals surface area (Å²) < 4.78 is 11.5. The fraction of sp³-hybridized carbons (Fsp3) is 0.826. The molecule has 0 radical (unpaired) electrons. The van der Waals surface area contributed by atoms with Crippen LogP contribution in [0.5, 0.6) is 0 Å². The van der Waals surface area contributed by atoms with Gasteiger partial charge in [-0.05, 0) is 93.8 Å². The Morgan fingerprint density at radius 1 is 0.963 bits per heavy atom. The Balaban J connectivity index is 1.06. The third-order valence-corrected chi connectivity index (χ3v) is 8.44. The summed E-state index contributed by atoms with van der Waals surface area (Å²) in [7, 11) is 0. The Morgan fingerprint density at radius 2 is 1.67 bits per heavy atom. The number of rotatable bonds is 6. The molecule has 3 atom stereocenters. The lowest BCUT2D eigenvalue weighted by molar-refractivity contribution is -0.203. The van der Waals surface area contributed by atoms with Crippen molar-refractivity contribution in [2.24, 2.45) is 41.4 Å². The third kappa shape index (κ3) is 3.13. The maximum atomic E-state index is 12.5. The highest BCUT2D eigenvalue weighted by Crippen LogP contribution is 2.59. The zero-order chi connectivity index (χ0) is 18.6. The Bertz CT molecular complexity index is 623. The lowest BCUT2D eigenvalue weighted by atomic mass is 9.50. The number of carbonyl (C=O) groups is 2. The van der Waals surface area contributed by atoms with E-state index in [1.807, 2.05) is 0 Å². The zero-order valence-corrected chi connectivity index (χ0v) is 16.4. The van der Waals surface area contributed by atoms with Crippen LogP contribution in [0.4, 0.5) is 0 Å². The van der Waals surface area contributed by atoms with E-state index in [4.69, 9.17) is 9.47 Å². The van der Waals surface area contributed by atoms with Crippen LogP contribution in [0.15, 0.2) is 12.2 Å². The van der Waals surface area contributed by atoms with Crippen LogP contribution in [-0.4, -0.2) is 24.1 Å². The van der Waals surface area contributed by atoms with Crippen molar-refractivity contribution in [2.45, 2.75) is 70.3 Å². The highest BCUT2D eigenvalue weighted by Gasteiger charge is 2.56. The van der Waals surface area contributed by atoms with E-state index in [9.17, 15) is 9.59 Å². The van der Waals surface area contributed by atoms with Gasteiger partial charge in [0.15, 0.2) is 0 Å². The van der Waals surface area contributed by atoms with Gasteiger partial charge in [0.05, 0.1) is 12.5 Å². The smallest absolute Gasteiger partial charge is 0.309 e. The van der Waals surface area contributed by atoms with Crippen LogP contribution in [0.1, 0.15) is 64.7 Å². The van der Waals surface area contributed by atoms with Gasteiger partial charge in [-0.3, -0.25) is 9.59 Å². The molecule has 0 aliphatic heterocycles. The summed E-state index contributed by atoms with van der Waals surface area (Å²) in [6.07, 6.45) is 13.7. The van der Waals surface area contributed by atoms with Gasteiger partial charge in [0.2, 0.25) is 0 Å². The van der Waals surface area contributed by atoms with Gasteiger partial charge < -0.3 is 9.47 Å². The molecule has 148 valence electrons. The number of fused-ring (bicyclic) bond motifs is 2. The Morgan fingerprint density at radius 3 is 2.26 bits per heavy atom. The molecule has 3 unspecified atom stereocenters. The van der Waals surface area contributed by atoms with Gasteiger partial charge in [0.25, 0.3) is 0 Å². The molecule has 0 amide bonds. The fourth-order valence-electron chi connectivity index (χ4n) is 7.13. The molecule has 4 nitrogen and oxygen atoms in total. The first-order valence-corrected chi connectivity index (χ1v) is 11.1. The quantitative estimate of drug-likeness (QED) is 0.397. The average Bonchev–Trinajstić information content (AvgIpc) is 3.26. The number of hydrogen-bond acceptors (Lipinski definition) is 4. The summed E-state index contributed by atoms with van der Waals surface area (Å²) in [6.45, 7) is 2.51. The summed E-state index contributed by atoms with van der Waals surface area (Å²) in [5, 5.41) is 0. The van der Waals surface area contributed by atoms with Gasteiger partial charge in [0, 0.05) is 6.42 Å². The van der Waals surface area contributed by atoms with E-state index in [0.29, 0.717) is 43.1 Å². The number of esters is 2. The largest absolute Gasteiger partial charge is 0.465 e. The van der Waals surface area contributed by atoms with Crippen LogP contribution in [-0.2, 0) is 19.1 Å². The predicted octanol–water partition coefficient (Wildman–Crippen LogP) is 4.28. The van der Waals surface area contributed by atoms with Crippen molar-refractivity contribution in [1.82, 2.24) is 0 Å². The van der Waals surface area contributed by atoms with E-state index in [-0.39, 0.29) is 23.5 Å². The summed E-state index contributed by atoms with van der Waals surface area (Å²) in [5.74, 6) is 3.67. The first kappa shape index (κ1) is 17.8. The molecule has 6 rings (SSSR count). The standard InChI is InChI=1S/C23H32O4/c1-23(18-9-15-7-16(11-18)12-19(23)10-15)27-21(24)3-2-6-26-22(25)20-13-14-4-5-17(20)8-14/h4-5,14-20H,2-3,6-13H2,1H3. The molecular weight excluding hydrogens is 340 g/mol. The van der Waals surface area contributed by atoms with Crippen LogP contribution in [0.3, 0.4) is 0 Å². The molecule has 6 bridgehead atoms. The molecule has 0 aromatic heterocycles. The van der Waals surface area contributed by atoms with Crippen molar-refractivity contribution in [1.29, 1.82) is 0 Å². The normalized spacial score (nSPS) is 46.0. The second kappa shape index (κ2) is 6.63. The van der Waals surface area contributed by atoms with Crippen molar-refractivity contribution in [2.75, 3.05) is 6.61 Å². The van der Waals surface area contributed by atoms with Crippen LogP contribution in [0.2, 0.25) is 0 Å². The van der Waals surface area contributed by atoms with Crippen molar-refractivity contribution in [3.05, 3.63) is 12.2 Å². The summed E-state index contributed by atoms with van der Waals surface area (Å²) in [5.41, 5.74) is -0.253. The number of ether oxygens (including phenoxy) is 2. The van der Waals surface area contributed by atoms with Crippen LogP contribution >= 0.6 is 0 Å². The molecule has 5 fully saturated rings. The lowest BCUT2D eigenvalue weighted by Crippen LogP contribution is -2.58. The van der Waals surface area contributed by atoms with Crippen LogP contribution in [0, 0.1) is 41.4 Å². The van der Waals surface area contributed by atoms with E-state index in [1.165, 1.54) is 32.1 Å². The molecule has 0 N–H and O–H groups in total. The Hall–Kier alpha value is -1.32. The number of carbonyl (C=O) groups excluding carboxylic acids is 2. The van der Waals surface area contributed by atoms with Crippen molar-refractivity contribution < 1.29 is 19.1 Å². The molecule has 4 heteroatoms. The summed E-state index contributed by atoms with van der Waals surface area (Å²) in [6, 6.07) is 0. The van der Waals surface area contributed by atoms with Gasteiger partial charge in [-0.2, -0.15) is 0 Å². The number of hydrogen-bond donors (Lipinski definition) is 0. The van der Waals surface area contributed by atoms with E-state index in [1.54, 1.807) is 0 Å². The van der Waals surface area contributed by atoms with Gasteiger partial charge in [-0.1, -0.05) is 12.2 Å². The predicted molar refractivity (Wildman–Crippen MR) is 101 cm³/mol. The van der Waals surface area contributed by atoms with Gasteiger partial charge in [0.1, 0.15) is 5.60 Å². The minimum atomic E-state index is -0.253. The Labute approximate surface area is 162 Å². The van der Waals surface area contributed by atoms with E-state index in [2.05, 4.69) is 19.1 Å². The monoisotopic (exact) mass is 372 g/mol. The van der Waals surface area contributed by atoms with Crippen LogP contribution in [0.25, 0.3) is 0 Å². The van der Waals surface area contributed by atoms with Crippen LogP contribution < -0.4 is 0 Å². The second-order valence-corrected chi connectivity index (χ2v) is 10.1. The molecule has 6 aliphatic rings. The lowest BCUT2D eigenvalue weighted by Gasteiger charge is -2.59. The highest BCUT2D eigenvalue weighted by atomic mass is 16.6. The maximum Gasteiger partial charge on any atom is 0.309 e. The molecule has 5 saturated carbocycles. The summed E-state index contributed by atoms with van der Waals surface area (Å²) >= 11 is 0. The van der Waals surface area contributed by atoms with Gasteiger partial charge in [-0.25, -0.2) is 0 Å². The SMILES string of the molecule is CC1(OC(=O)CCCOC(=O)C2CC3C=CC2C3)C2CC3CC(C2)CC1C3. The average molecular weight is 373 g/mol. The summed E-state index contributed by atoms with van der Waals surface area (Å²) in [4.78, 5) is 24.7. The zero-order valence-electron chi connectivity index (χ0n) is 16.4. The molecule has 0 spiro atoms. The molecule has 0 aromatic carbocycles. The van der Waals surface area contributed by atoms with Crippen molar-refractivity contribution >= 4 is 11.9 Å². The minimum absolute atomic E-state index is 0.0407. The highest BCUT2D eigenvalue weighted by molar-refractivity contribution is 5.74.